The molecule has 1 saturated heterocycles. The van der Waals surface area contributed by atoms with Crippen LogP contribution < -0.4 is 30.8 Å². The summed E-state index contributed by atoms with van der Waals surface area (Å²) in [6, 6.07) is 18.4. The minimum absolute atomic E-state index is 0. The highest BCUT2D eigenvalue weighted by atomic mass is 79.9. The van der Waals surface area contributed by atoms with Gasteiger partial charge in [-0.3, -0.25) is 4.31 Å². The van der Waals surface area contributed by atoms with Crippen LogP contribution in [-0.2, 0) is 14.8 Å². The van der Waals surface area contributed by atoms with Gasteiger partial charge >= 0.3 is 0 Å². The summed E-state index contributed by atoms with van der Waals surface area (Å²) in [4.78, 5) is 0.288. The van der Waals surface area contributed by atoms with Gasteiger partial charge in [-0.2, -0.15) is 0 Å². The number of ether oxygens (including phenoxy) is 3. The van der Waals surface area contributed by atoms with Gasteiger partial charge in [-0.05, 0) is 47.9 Å². The minimum Gasteiger partial charge on any atom is -1.00 e. The van der Waals surface area contributed by atoms with Gasteiger partial charge in [0.15, 0.2) is 11.5 Å². The number of morpholine rings is 1. The second-order valence-corrected chi connectivity index (χ2v) is 11.1. The van der Waals surface area contributed by atoms with Crippen LogP contribution in [0.4, 0.5) is 5.69 Å². The summed E-state index contributed by atoms with van der Waals surface area (Å²) in [5.41, 5.74) is 0.587. The Kier molecular flexibility index (Phi) is 7.90. The number of quaternary nitrogens is 1. The Hall–Kier alpha value is -2.33. The number of likely N-dealkylation sites (N-methyl/N-ethyl adjacent to an activating group) is 1. The Bertz CT molecular complexity index is 1280. The van der Waals surface area contributed by atoms with E-state index in [9.17, 15) is 8.42 Å². The summed E-state index contributed by atoms with van der Waals surface area (Å²) >= 11 is 0. The normalized spacial score (nSPS) is 16.6. The first-order chi connectivity index (χ1) is 16.4. The van der Waals surface area contributed by atoms with E-state index in [-0.39, 0.29) is 28.7 Å². The molecule has 0 spiro atoms. The van der Waals surface area contributed by atoms with Gasteiger partial charge in [0.05, 0.1) is 37.4 Å². The van der Waals surface area contributed by atoms with Crippen molar-refractivity contribution >= 4 is 26.5 Å². The molecule has 0 aromatic heterocycles. The quantitative estimate of drug-likeness (QED) is 0.303. The van der Waals surface area contributed by atoms with Crippen molar-refractivity contribution in [3.05, 3.63) is 60.7 Å². The fourth-order valence-electron chi connectivity index (χ4n) is 4.64. The van der Waals surface area contributed by atoms with Gasteiger partial charge in [0.25, 0.3) is 10.0 Å². The average Bonchev–Trinajstić information content (AvgIpc) is 3.32. The van der Waals surface area contributed by atoms with Crippen molar-refractivity contribution in [2.75, 3.05) is 57.5 Å². The van der Waals surface area contributed by atoms with Crippen molar-refractivity contribution < 1.29 is 44.1 Å². The van der Waals surface area contributed by atoms with Gasteiger partial charge < -0.3 is 35.7 Å². The number of hydrogen-bond acceptors (Lipinski definition) is 5. The molecule has 5 rings (SSSR count). The van der Waals surface area contributed by atoms with Crippen LogP contribution >= 0.6 is 0 Å². The van der Waals surface area contributed by atoms with E-state index in [1.54, 1.807) is 30.3 Å². The number of unbranched alkanes of at least 4 members (excludes halogenated alkanes) is 1. The minimum atomic E-state index is -3.77. The summed E-state index contributed by atoms with van der Waals surface area (Å²) in [6.07, 6.45) is 1.70. The Morgan fingerprint density at radius 1 is 0.886 bits per heavy atom. The summed E-state index contributed by atoms with van der Waals surface area (Å²) in [7, 11) is -1.52. The van der Waals surface area contributed by atoms with Crippen molar-refractivity contribution in [1.29, 1.82) is 0 Å². The van der Waals surface area contributed by atoms with E-state index in [4.69, 9.17) is 14.2 Å². The zero-order chi connectivity index (χ0) is 23.6. The van der Waals surface area contributed by atoms with Crippen molar-refractivity contribution in [2.24, 2.45) is 0 Å². The van der Waals surface area contributed by atoms with Crippen molar-refractivity contribution in [1.82, 2.24) is 0 Å². The van der Waals surface area contributed by atoms with Gasteiger partial charge in [0, 0.05) is 12.6 Å². The third-order valence-electron chi connectivity index (χ3n) is 6.81. The van der Waals surface area contributed by atoms with Crippen molar-refractivity contribution in [2.45, 2.75) is 17.7 Å². The Morgan fingerprint density at radius 2 is 1.63 bits per heavy atom. The maximum absolute atomic E-state index is 13.9. The van der Waals surface area contributed by atoms with E-state index >= 15 is 0 Å². The molecule has 0 amide bonds. The van der Waals surface area contributed by atoms with Crippen LogP contribution in [0.3, 0.4) is 0 Å². The summed E-state index contributed by atoms with van der Waals surface area (Å²) in [5.74, 6) is 1.21. The zero-order valence-electron chi connectivity index (χ0n) is 19.9. The molecule has 3 aromatic carbocycles. The number of benzene rings is 3. The van der Waals surface area contributed by atoms with Crippen LogP contribution in [0, 0.1) is 0 Å². The van der Waals surface area contributed by atoms with E-state index in [1.807, 2.05) is 30.3 Å². The van der Waals surface area contributed by atoms with Crippen LogP contribution in [-0.4, -0.2) is 66.1 Å². The average molecular weight is 564 g/mol. The lowest BCUT2D eigenvalue weighted by molar-refractivity contribution is -0.917. The lowest BCUT2D eigenvalue weighted by Gasteiger charge is -2.37. The number of sulfonamides is 1. The number of rotatable bonds is 8. The van der Waals surface area contributed by atoms with Crippen molar-refractivity contribution in [3.8, 4) is 11.5 Å². The first kappa shape index (κ1) is 25.8. The first-order valence-electron chi connectivity index (χ1n) is 11.8. The van der Waals surface area contributed by atoms with E-state index < -0.39 is 10.0 Å². The Morgan fingerprint density at radius 3 is 2.43 bits per heavy atom. The molecule has 0 bridgehead atoms. The number of fused-ring (bicyclic) bond motifs is 2. The van der Waals surface area contributed by atoms with Gasteiger partial charge in [-0.15, -0.1) is 0 Å². The van der Waals surface area contributed by atoms with Crippen LogP contribution in [0.15, 0.2) is 65.6 Å². The molecule has 7 nitrogen and oxygen atoms in total. The lowest BCUT2D eigenvalue weighted by atomic mass is 10.1. The summed E-state index contributed by atoms with van der Waals surface area (Å²) in [5, 5.41) is 1.91. The summed E-state index contributed by atoms with van der Waals surface area (Å²) in [6.45, 7) is 5.13. The fourth-order valence-corrected chi connectivity index (χ4v) is 6.17. The van der Waals surface area contributed by atoms with Crippen LogP contribution in [0.1, 0.15) is 12.8 Å². The molecule has 188 valence electrons. The van der Waals surface area contributed by atoms with Crippen LogP contribution in [0.25, 0.3) is 10.8 Å². The molecule has 0 N–H and O–H groups in total. The molecule has 2 aliphatic rings. The molecule has 0 radical (unpaired) electrons. The second-order valence-electron chi connectivity index (χ2n) is 9.23. The molecule has 9 heteroatoms. The highest BCUT2D eigenvalue weighted by Crippen LogP contribution is 2.37. The van der Waals surface area contributed by atoms with Gasteiger partial charge in [0.2, 0.25) is 6.79 Å². The number of anilines is 1. The maximum atomic E-state index is 13.9. The maximum Gasteiger partial charge on any atom is 0.264 e. The number of hydrogen-bond donors (Lipinski definition) is 0. The molecule has 0 atom stereocenters. The Labute approximate surface area is 217 Å². The molecule has 1 fully saturated rings. The standard InChI is InChI=1S/C26H31N2O5S.BrH/c1-28(14-16-31-17-15-28)13-5-4-12-27(23-9-11-25-26(19-23)33-20-32-25)34(29,30)24-10-8-21-6-2-3-7-22(21)18-24;/h2-3,6-11,18-19H,4-5,12-17,20H2,1H3;1H/q+1;/p-1. The SMILES string of the molecule is C[N+]1(CCCCN(c2ccc3c(c2)OCO3)S(=O)(=O)c2ccc3ccccc3c2)CCOCC1.[Br-]. The van der Waals surface area contributed by atoms with Gasteiger partial charge in [0.1, 0.15) is 13.1 Å². The van der Waals surface area contributed by atoms with Gasteiger partial charge in [-0.25, -0.2) is 8.42 Å². The lowest BCUT2D eigenvalue weighted by Crippen LogP contribution is -3.00. The molecular weight excluding hydrogens is 532 g/mol. The number of halogens is 1. The topological polar surface area (TPSA) is 65.1 Å². The molecule has 2 heterocycles. The second kappa shape index (κ2) is 10.7. The van der Waals surface area contributed by atoms with E-state index in [1.165, 1.54) is 4.31 Å². The highest BCUT2D eigenvalue weighted by Gasteiger charge is 2.28. The molecule has 0 aliphatic carbocycles. The van der Waals surface area contributed by atoms with E-state index in [2.05, 4.69) is 7.05 Å². The van der Waals surface area contributed by atoms with Crippen LogP contribution in [0.5, 0.6) is 11.5 Å². The van der Waals surface area contributed by atoms with E-state index in [0.29, 0.717) is 23.7 Å². The predicted octanol–water partition coefficient (Wildman–Crippen LogP) is 1.02. The highest BCUT2D eigenvalue weighted by molar-refractivity contribution is 7.92. The molecule has 2 aliphatic heterocycles. The number of nitrogens with zero attached hydrogens (tertiary/aromatic N) is 2. The first-order valence-corrected chi connectivity index (χ1v) is 13.2. The smallest absolute Gasteiger partial charge is 0.264 e. The van der Waals surface area contributed by atoms with Gasteiger partial charge in [-0.1, -0.05) is 30.3 Å². The fraction of sp³-hybridized carbons (Fsp3) is 0.385. The molecule has 35 heavy (non-hydrogen) atoms. The Balaban J connectivity index is 0.00000289. The molecule has 0 saturated carbocycles. The molecule has 0 unspecified atom stereocenters. The zero-order valence-corrected chi connectivity index (χ0v) is 22.3. The van der Waals surface area contributed by atoms with Crippen LogP contribution in [0.2, 0.25) is 0 Å². The van der Waals surface area contributed by atoms with Crippen molar-refractivity contribution in [3.63, 3.8) is 0 Å². The molecular formula is C26H31BrN2O5S. The third-order valence-corrected chi connectivity index (χ3v) is 8.64. The predicted molar refractivity (Wildman–Crippen MR) is 132 cm³/mol. The summed E-state index contributed by atoms with van der Waals surface area (Å²) < 4.78 is 46.7. The molecule has 3 aromatic rings. The van der Waals surface area contributed by atoms with E-state index in [0.717, 1.165) is 60.9 Å². The largest absolute Gasteiger partial charge is 1.00 e. The monoisotopic (exact) mass is 562 g/mol. The third kappa shape index (κ3) is 5.58.